The number of rotatable bonds is 4. The van der Waals surface area contributed by atoms with Gasteiger partial charge in [-0.05, 0) is 49.1 Å². The summed E-state index contributed by atoms with van der Waals surface area (Å²) < 4.78 is 0. The summed E-state index contributed by atoms with van der Waals surface area (Å²) in [6.45, 7) is 2.00. The average molecular weight is 341 g/mol. The molecule has 0 aromatic carbocycles. The maximum atomic E-state index is 12.7. The van der Waals surface area contributed by atoms with Crippen LogP contribution >= 0.6 is 0 Å². The van der Waals surface area contributed by atoms with Crippen molar-refractivity contribution in [1.82, 2.24) is 15.2 Å². The Bertz CT molecular complexity index is 613. The van der Waals surface area contributed by atoms with Crippen LogP contribution in [0.3, 0.4) is 0 Å². The number of carbonyl (C=O) groups excluding carboxylic acids is 2. The Hall–Kier alpha value is -1.91. The van der Waals surface area contributed by atoms with Gasteiger partial charge in [-0.25, -0.2) is 0 Å². The van der Waals surface area contributed by atoms with Crippen molar-refractivity contribution < 1.29 is 9.59 Å². The molecule has 0 bridgehead atoms. The van der Waals surface area contributed by atoms with Crippen molar-refractivity contribution in [2.75, 3.05) is 13.1 Å². The standard InChI is InChI=1S/C20H27N3O2/c24-19(22-13-14-4-3-9-21-12-14)15-7-10-23(11-8-15)20(25)18-16-5-1-2-6-17(16)18/h3-4,9,12,15-18H,1-2,5-8,10-11,13H2,(H,22,24). The van der Waals surface area contributed by atoms with E-state index in [-0.39, 0.29) is 11.8 Å². The molecule has 1 saturated heterocycles. The molecule has 2 aliphatic carbocycles. The van der Waals surface area contributed by atoms with Crippen molar-refractivity contribution in [3.05, 3.63) is 30.1 Å². The lowest BCUT2D eigenvalue weighted by Crippen LogP contribution is -2.43. The van der Waals surface area contributed by atoms with Gasteiger partial charge in [0.2, 0.25) is 11.8 Å². The van der Waals surface area contributed by atoms with Crippen LogP contribution in [0.4, 0.5) is 0 Å². The quantitative estimate of drug-likeness (QED) is 0.914. The summed E-state index contributed by atoms with van der Waals surface area (Å²) >= 11 is 0. The van der Waals surface area contributed by atoms with Gasteiger partial charge in [-0.1, -0.05) is 18.9 Å². The summed E-state index contributed by atoms with van der Waals surface area (Å²) in [5.41, 5.74) is 1.01. The lowest BCUT2D eigenvalue weighted by atomic mass is 9.95. The molecular weight excluding hydrogens is 314 g/mol. The van der Waals surface area contributed by atoms with E-state index in [1.54, 1.807) is 12.4 Å². The zero-order valence-electron chi connectivity index (χ0n) is 14.7. The molecule has 1 aliphatic heterocycles. The number of fused-ring (bicyclic) bond motifs is 1. The van der Waals surface area contributed by atoms with E-state index < -0.39 is 0 Å². The van der Waals surface area contributed by atoms with Gasteiger partial charge in [0, 0.05) is 43.9 Å². The van der Waals surface area contributed by atoms with Gasteiger partial charge in [-0.2, -0.15) is 0 Å². The molecular formula is C20H27N3O2. The largest absolute Gasteiger partial charge is 0.352 e. The number of amides is 2. The third-order valence-corrected chi connectivity index (χ3v) is 6.31. The Morgan fingerprint density at radius 3 is 2.48 bits per heavy atom. The molecule has 4 rings (SSSR count). The van der Waals surface area contributed by atoms with Gasteiger partial charge in [-0.3, -0.25) is 14.6 Å². The number of nitrogens with one attached hydrogen (secondary N) is 1. The highest BCUT2D eigenvalue weighted by Gasteiger charge is 2.55. The Morgan fingerprint density at radius 1 is 1.12 bits per heavy atom. The number of pyridine rings is 1. The van der Waals surface area contributed by atoms with Gasteiger partial charge in [0.1, 0.15) is 0 Å². The first-order chi connectivity index (χ1) is 12.2. The van der Waals surface area contributed by atoms with Crippen LogP contribution in [-0.4, -0.2) is 34.8 Å². The maximum Gasteiger partial charge on any atom is 0.226 e. The fourth-order valence-electron chi connectivity index (χ4n) is 4.77. The predicted octanol–water partition coefficient (Wildman–Crippen LogP) is 2.37. The number of likely N-dealkylation sites (tertiary alicyclic amines) is 1. The highest BCUT2D eigenvalue weighted by molar-refractivity contribution is 5.83. The number of nitrogens with zero attached hydrogens (tertiary/aromatic N) is 2. The van der Waals surface area contributed by atoms with Gasteiger partial charge < -0.3 is 10.2 Å². The van der Waals surface area contributed by atoms with Crippen LogP contribution in [0.15, 0.2) is 24.5 Å². The Labute approximate surface area is 149 Å². The second-order valence-corrected chi connectivity index (χ2v) is 7.82. The van der Waals surface area contributed by atoms with E-state index in [4.69, 9.17) is 0 Å². The van der Waals surface area contributed by atoms with E-state index >= 15 is 0 Å². The second kappa shape index (κ2) is 7.14. The third-order valence-electron chi connectivity index (χ3n) is 6.31. The van der Waals surface area contributed by atoms with E-state index in [0.29, 0.717) is 30.2 Å². The summed E-state index contributed by atoms with van der Waals surface area (Å²) in [5, 5.41) is 3.01. The van der Waals surface area contributed by atoms with E-state index in [0.717, 1.165) is 31.5 Å². The van der Waals surface area contributed by atoms with E-state index in [1.165, 1.54) is 25.7 Å². The maximum absolute atomic E-state index is 12.7. The zero-order chi connectivity index (χ0) is 17.2. The molecule has 3 fully saturated rings. The molecule has 2 unspecified atom stereocenters. The summed E-state index contributed by atoms with van der Waals surface area (Å²) in [6.07, 6.45) is 10.2. The van der Waals surface area contributed by atoms with Crippen molar-refractivity contribution in [1.29, 1.82) is 0 Å². The number of piperidine rings is 1. The highest BCUT2D eigenvalue weighted by atomic mass is 16.2. The fraction of sp³-hybridized carbons (Fsp3) is 0.650. The molecule has 2 saturated carbocycles. The zero-order valence-corrected chi connectivity index (χ0v) is 14.7. The van der Waals surface area contributed by atoms with Crippen molar-refractivity contribution in [3.8, 4) is 0 Å². The average Bonchev–Trinajstić information content (AvgIpc) is 3.41. The van der Waals surface area contributed by atoms with Gasteiger partial charge in [-0.15, -0.1) is 0 Å². The second-order valence-electron chi connectivity index (χ2n) is 7.82. The predicted molar refractivity (Wildman–Crippen MR) is 94.3 cm³/mol. The molecule has 0 spiro atoms. The summed E-state index contributed by atoms with van der Waals surface area (Å²) in [7, 11) is 0. The molecule has 5 nitrogen and oxygen atoms in total. The lowest BCUT2D eigenvalue weighted by molar-refractivity contribution is -0.137. The van der Waals surface area contributed by atoms with Gasteiger partial charge >= 0.3 is 0 Å². The minimum Gasteiger partial charge on any atom is -0.352 e. The first kappa shape index (κ1) is 16.6. The van der Waals surface area contributed by atoms with Crippen LogP contribution in [0.2, 0.25) is 0 Å². The van der Waals surface area contributed by atoms with Crippen LogP contribution in [0, 0.1) is 23.7 Å². The molecule has 1 aromatic rings. The summed E-state index contributed by atoms with van der Waals surface area (Å²) in [4.78, 5) is 31.2. The molecule has 3 aliphatic rings. The molecule has 1 N–H and O–H groups in total. The van der Waals surface area contributed by atoms with Crippen molar-refractivity contribution in [3.63, 3.8) is 0 Å². The number of hydrogen-bond donors (Lipinski definition) is 1. The summed E-state index contributed by atoms with van der Waals surface area (Å²) in [6, 6.07) is 3.84. The van der Waals surface area contributed by atoms with Crippen LogP contribution in [-0.2, 0) is 16.1 Å². The van der Waals surface area contributed by atoms with Crippen molar-refractivity contribution in [2.24, 2.45) is 23.7 Å². The summed E-state index contributed by atoms with van der Waals surface area (Å²) in [5.74, 6) is 2.14. The molecule has 0 radical (unpaired) electrons. The first-order valence-electron chi connectivity index (χ1n) is 9.69. The molecule has 5 heteroatoms. The van der Waals surface area contributed by atoms with E-state index in [1.807, 2.05) is 17.0 Å². The lowest BCUT2D eigenvalue weighted by Gasteiger charge is -2.31. The molecule has 2 heterocycles. The van der Waals surface area contributed by atoms with E-state index in [9.17, 15) is 9.59 Å². The third kappa shape index (κ3) is 3.55. The molecule has 1 aromatic heterocycles. The van der Waals surface area contributed by atoms with Crippen LogP contribution in [0.1, 0.15) is 44.1 Å². The number of hydrogen-bond acceptors (Lipinski definition) is 3. The first-order valence-corrected chi connectivity index (χ1v) is 9.69. The molecule has 134 valence electrons. The Balaban J connectivity index is 1.23. The number of carbonyl (C=O) groups is 2. The van der Waals surface area contributed by atoms with Gasteiger partial charge in [0.15, 0.2) is 0 Å². The van der Waals surface area contributed by atoms with Crippen LogP contribution in [0.5, 0.6) is 0 Å². The van der Waals surface area contributed by atoms with Gasteiger partial charge in [0.25, 0.3) is 0 Å². The highest BCUT2D eigenvalue weighted by Crippen LogP contribution is 2.56. The topological polar surface area (TPSA) is 62.3 Å². The van der Waals surface area contributed by atoms with Gasteiger partial charge in [0.05, 0.1) is 0 Å². The molecule has 2 amide bonds. The van der Waals surface area contributed by atoms with E-state index in [2.05, 4.69) is 10.3 Å². The minimum atomic E-state index is 0.0298. The number of aromatic nitrogens is 1. The Kier molecular flexibility index (Phi) is 4.73. The minimum absolute atomic E-state index is 0.0298. The smallest absolute Gasteiger partial charge is 0.226 e. The Morgan fingerprint density at radius 2 is 1.84 bits per heavy atom. The van der Waals surface area contributed by atoms with Crippen molar-refractivity contribution >= 4 is 11.8 Å². The fourth-order valence-corrected chi connectivity index (χ4v) is 4.77. The normalized spacial score (nSPS) is 29.0. The van der Waals surface area contributed by atoms with Crippen LogP contribution < -0.4 is 5.32 Å². The SMILES string of the molecule is O=C(NCc1cccnc1)C1CCN(C(=O)C2C3CCCCC32)CC1. The molecule has 25 heavy (non-hydrogen) atoms. The van der Waals surface area contributed by atoms with Crippen molar-refractivity contribution in [2.45, 2.75) is 45.1 Å². The monoisotopic (exact) mass is 341 g/mol. The molecule has 2 atom stereocenters. The van der Waals surface area contributed by atoms with Crippen LogP contribution in [0.25, 0.3) is 0 Å².